The lowest BCUT2D eigenvalue weighted by molar-refractivity contribution is -0.150. The number of carbonyl (C=O) groups is 2. The number of aromatic nitrogens is 1. The minimum Gasteiger partial charge on any atom is -0.465 e. The van der Waals surface area contributed by atoms with Crippen molar-refractivity contribution in [2.75, 3.05) is 11.9 Å². The number of nitrogens with zero attached hydrogens (tertiary/aromatic N) is 1. The molecule has 1 N–H and O–H groups in total. The third-order valence-corrected chi connectivity index (χ3v) is 4.73. The van der Waals surface area contributed by atoms with E-state index in [1.54, 1.807) is 6.92 Å². The zero-order valence-corrected chi connectivity index (χ0v) is 19.7. The van der Waals surface area contributed by atoms with E-state index in [9.17, 15) is 9.59 Å². The normalized spacial score (nSPS) is 10.5. The van der Waals surface area contributed by atoms with Crippen molar-refractivity contribution in [3.05, 3.63) is 71.6 Å². The lowest BCUT2D eigenvalue weighted by Crippen LogP contribution is -2.33. The molecule has 1 unspecified atom stereocenters. The van der Waals surface area contributed by atoms with Crippen LogP contribution in [0.5, 0.6) is 0 Å². The van der Waals surface area contributed by atoms with Crippen LogP contribution in [0.15, 0.2) is 66.0 Å². The molecule has 1 heterocycles. The molecule has 1 amide bonds. The van der Waals surface area contributed by atoms with Gasteiger partial charge in [0.1, 0.15) is 5.92 Å². The minimum atomic E-state index is -0.920. The molecule has 0 bridgehead atoms. The topological polar surface area (TPSA) is 68.3 Å². The summed E-state index contributed by atoms with van der Waals surface area (Å²) >= 11 is 1.33. The Morgan fingerprint density at radius 2 is 1.55 bits per heavy atom. The molecule has 6 heteroatoms. The fraction of sp³-hybridized carbons (Fsp3) is 0.320. The van der Waals surface area contributed by atoms with Crippen LogP contribution < -0.4 is 5.32 Å². The summed E-state index contributed by atoms with van der Waals surface area (Å²) in [5.74, 6) is -1.86. The van der Waals surface area contributed by atoms with Gasteiger partial charge in [0.25, 0.3) is 0 Å². The molecule has 166 valence electrons. The Hall–Kier alpha value is -2.99. The van der Waals surface area contributed by atoms with Gasteiger partial charge in [0, 0.05) is 10.9 Å². The van der Waals surface area contributed by atoms with E-state index in [-0.39, 0.29) is 13.0 Å². The second kappa shape index (κ2) is 14.9. The molecule has 3 rings (SSSR count). The van der Waals surface area contributed by atoms with Crippen molar-refractivity contribution in [3.8, 4) is 11.3 Å². The van der Waals surface area contributed by atoms with Gasteiger partial charge >= 0.3 is 5.97 Å². The maximum Gasteiger partial charge on any atom is 0.318 e. The SMILES string of the molecule is CC.CC.CCOC(=O)C(Cc1ccccc1)C(=O)Nc1nc(-c2ccccc2)cs1. The summed E-state index contributed by atoms with van der Waals surface area (Å²) in [6.45, 7) is 9.95. The van der Waals surface area contributed by atoms with Crippen LogP contribution in [0.4, 0.5) is 5.13 Å². The summed E-state index contributed by atoms with van der Waals surface area (Å²) < 4.78 is 5.09. The van der Waals surface area contributed by atoms with Gasteiger partial charge in [0.05, 0.1) is 12.3 Å². The van der Waals surface area contributed by atoms with Crippen molar-refractivity contribution in [2.45, 2.75) is 41.0 Å². The van der Waals surface area contributed by atoms with Gasteiger partial charge in [0.15, 0.2) is 5.13 Å². The number of thiazole rings is 1. The predicted molar refractivity (Wildman–Crippen MR) is 129 cm³/mol. The van der Waals surface area contributed by atoms with E-state index in [0.29, 0.717) is 5.13 Å². The first-order chi connectivity index (χ1) is 15.2. The average molecular weight is 441 g/mol. The van der Waals surface area contributed by atoms with Crippen molar-refractivity contribution in [1.29, 1.82) is 0 Å². The van der Waals surface area contributed by atoms with Crippen LogP contribution in [0.3, 0.4) is 0 Å². The number of anilines is 1. The molecule has 3 aromatic rings. The highest BCUT2D eigenvalue weighted by Crippen LogP contribution is 2.25. The summed E-state index contributed by atoms with van der Waals surface area (Å²) in [5.41, 5.74) is 2.65. The van der Waals surface area contributed by atoms with E-state index in [1.807, 2.05) is 93.7 Å². The molecule has 0 saturated heterocycles. The van der Waals surface area contributed by atoms with Crippen molar-refractivity contribution in [3.63, 3.8) is 0 Å². The number of ether oxygens (including phenoxy) is 1. The van der Waals surface area contributed by atoms with Gasteiger partial charge in [-0.15, -0.1) is 11.3 Å². The third kappa shape index (κ3) is 8.34. The molecular weight excluding hydrogens is 408 g/mol. The predicted octanol–water partition coefficient (Wildman–Crippen LogP) is 6.22. The Balaban J connectivity index is 0.00000113. The number of nitrogens with one attached hydrogen (secondary N) is 1. The molecule has 5 nitrogen and oxygen atoms in total. The van der Waals surface area contributed by atoms with E-state index in [4.69, 9.17) is 4.74 Å². The van der Waals surface area contributed by atoms with Gasteiger partial charge in [-0.2, -0.15) is 0 Å². The highest BCUT2D eigenvalue weighted by atomic mass is 32.1. The summed E-state index contributed by atoms with van der Waals surface area (Å²) in [6.07, 6.45) is 0.280. The fourth-order valence-corrected chi connectivity index (χ4v) is 3.36. The number of hydrogen-bond acceptors (Lipinski definition) is 5. The van der Waals surface area contributed by atoms with Gasteiger partial charge in [-0.25, -0.2) is 4.98 Å². The zero-order valence-electron chi connectivity index (χ0n) is 18.9. The molecule has 0 fully saturated rings. The third-order valence-electron chi connectivity index (χ3n) is 3.97. The summed E-state index contributed by atoms with van der Waals surface area (Å²) in [7, 11) is 0. The summed E-state index contributed by atoms with van der Waals surface area (Å²) in [4.78, 5) is 29.5. The molecule has 0 aliphatic rings. The second-order valence-corrected chi connectivity index (χ2v) is 6.75. The highest BCUT2D eigenvalue weighted by Gasteiger charge is 2.29. The van der Waals surface area contributed by atoms with E-state index >= 15 is 0 Å². The Labute approximate surface area is 189 Å². The Morgan fingerprint density at radius 1 is 0.968 bits per heavy atom. The van der Waals surface area contributed by atoms with Crippen molar-refractivity contribution in [1.82, 2.24) is 4.98 Å². The van der Waals surface area contributed by atoms with Crippen LogP contribution in [0, 0.1) is 5.92 Å². The molecule has 0 spiro atoms. The second-order valence-electron chi connectivity index (χ2n) is 5.89. The van der Waals surface area contributed by atoms with Crippen LogP contribution in [0.25, 0.3) is 11.3 Å². The number of rotatable bonds is 7. The molecule has 1 aromatic heterocycles. The number of hydrogen-bond donors (Lipinski definition) is 1. The molecule has 0 aliphatic carbocycles. The van der Waals surface area contributed by atoms with Crippen molar-refractivity contribution >= 4 is 28.3 Å². The maximum absolute atomic E-state index is 12.7. The Kier molecular flexibility index (Phi) is 12.5. The van der Waals surface area contributed by atoms with E-state index < -0.39 is 17.8 Å². The summed E-state index contributed by atoms with van der Waals surface area (Å²) in [5, 5.41) is 5.10. The zero-order chi connectivity index (χ0) is 23.1. The van der Waals surface area contributed by atoms with Gasteiger partial charge in [-0.05, 0) is 18.9 Å². The van der Waals surface area contributed by atoms with Gasteiger partial charge < -0.3 is 10.1 Å². The quantitative estimate of drug-likeness (QED) is 0.350. The Bertz CT molecular complexity index is 895. The number of amides is 1. The van der Waals surface area contributed by atoms with E-state index in [0.717, 1.165) is 16.8 Å². The largest absolute Gasteiger partial charge is 0.465 e. The van der Waals surface area contributed by atoms with Crippen LogP contribution in [-0.2, 0) is 20.7 Å². The Morgan fingerprint density at radius 3 is 2.13 bits per heavy atom. The lowest BCUT2D eigenvalue weighted by Gasteiger charge is -2.14. The van der Waals surface area contributed by atoms with Gasteiger partial charge in [-0.1, -0.05) is 88.4 Å². The first-order valence-corrected chi connectivity index (χ1v) is 11.6. The first-order valence-electron chi connectivity index (χ1n) is 10.7. The number of benzene rings is 2. The fourth-order valence-electron chi connectivity index (χ4n) is 2.64. The molecule has 31 heavy (non-hydrogen) atoms. The molecule has 0 aliphatic heterocycles. The monoisotopic (exact) mass is 440 g/mol. The van der Waals surface area contributed by atoms with Crippen LogP contribution >= 0.6 is 11.3 Å². The van der Waals surface area contributed by atoms with Crippen LogP contribution in [-0.4, -0.2) is 23.5 Å². The number of carbonyl (C=O) groups excluding carboxylic acids is 2. The smallest absolute Gasteiger partial charge is 0.318 e. The standard InChI is InChI=1S/C21H20N2O3S.2C2H6/c1-2-26-20(25)17(13-15-9-5-3-6-10-15)19(24)23-21-22-18(14-27-21)16-11-7-4-8-12-16;2*1-2/h3-12,14,17H,2,13H2,1H3,(H,22,23,24);2*1-2H3. The maximum atomic E-state index is 12.7. The van der Waals surface area contributed by atoms with E-state index in [1.165, 1.54) is 11.3 Å². The summed E-state index contributed by atoms with van der Waals surface area (Å²) in [6, 6.07) is 19.1. The molecular formula is C25H32N2O3S. The first kappa shape index (κ1) is 26.0. The van der Waals surface area contributed by atoms with Crippen molar-refractivity contribution < 1.29 is 14.3 Å². The van der Waals surface area contributed by atoms with E-state index in [2.05, 4.69) is 10.3 Å². The molecule has 0 radical (unpaired) electrons. The van der Waals surface area contributed by atoms with Crippen LogP contribution in [0.1, 0.15) is 40.2 Å². The molecule has 2 aromatic carbocycles. The number of esters is 1. The highest BCUT2D eigenvalue weighted by molar-refractivity contribution is 7.14. The average Bonchev–Trinajstić information content (AvgIpc) is 3.30. The lowest BCUT2D eigenvalue weighted by atomic mass is 9.98. The molecule has 0 saturated carbocycles. The minimum absolute atomic E-state index is 0.229. The van der Waals surface area contributed by atoms with Gasteiger partial charge in [-0.3, -0.25) is 9.59 Å². The van der Waals surface area contributed by atoms with Crippen LogP contribution in [0.2, 0.25) is 0 Å². The molecule has 1 atom stereocenters. The van der Waals surface area contributed by atoms with Gasteiger partial charge in [0.2, 0.25) is 5.91 Å². The van der Waals surface area contributed by atoms with Crippen molar-refractivity contribution in [2.24, 2.45) is 5.92 Å².